The number of anilines is 1. The molecule has 0 aliphatic carbocycles. The quantitative estimate of drug-likeness (QED) is 0.361. The van der Waals surface area contributed by atoms with Gasteiger partial charge >= 0.3 is 0 Å². The van der Waals surface area contributed by atoms with E-state index in [1.807, 2.05) is 72.2 Å². The van der Waals surface area contributed by atoms with Crippen LogP contribution in [0.4, 0.5) is 5.13 Å². The molecule has 5 aromatic rings. The molecule has 0 aliphatic heterocycles. The van der Waals surface area contributed by atoms with Crippen LogP contribution in [0.3, 0.4) is 0 Å². The van der Waals surface area contributed by atoms with Gasteiger partial charge in [-0.15, -0.1) is 10.2 Å². The number of nitrogens with zero attached hydrogens (tertiary/aromatic N) is 5. The predicted molar refractivity (Wildman–Crippen MR) is 128 cm³/mol. The van der Waals surface area contributed by atoms with Gasteiger partial charge in [0, 0.05) is 23.6 Å². The number of amides is 1. The first-order valence-electron chi connectivity index (χ1n) is 9.89. The van der Waals surface area contributed by atoms with Crippen LogP contribution in [0.15, 0.2) is 78.2 Å². The molecule has 0 aliphatic rings. The molecule has 0 fully saturated rings. The van der Waals surface area contributed by atoms with Crippen LogP contribution in [-0.2, 0) is 4.79 Å². The molecule has 0 saturated carbocycles. The molecule has 158 valence electrons. The number of fused-ring (bicyclic) bond motifs is 1. The van der Waals surface area contributed by atoms with Gasteiger partial charge in [0.05, 0.1) is 16.0 Å². The SMILES string of the molecule is Cc1cccc2sc(NC(=O)CSc3nnc(-c4cccnc4)n3-c3ccccc3)nc12. The van der Waals surface area contributed by atoms with E-state index in [1.54, 1.807) is 12.4 Å². The molecule has 9 heteroatoms. The third-order valence-electron chi connectivity index (χ3n) is 4.77. The molecular formula is C23H18N6OS2. The molecule has 0 atom stereocenters. The summed E-state index contributed by atoms with van der Waals surface area (Å²) >= 11 is 2.80. The number of aryl methyl sites for hydroxylation is 1. The zero-order valence-corrected chi connectivity index (χ0v) is 18.7. The number of carbonyl (C=O) groups excluding carboxylic acids is 1. The minimum atomic E-state index is -0.141. The number of carbonyl (C=O) groups is 1. The summed E-state index contributed by atoms with van der Waals surface area (Å²) in [6.45, 7) is 2.01. The number of aromatic nitrogens is 5. The van der Waals surface area contributed by atoms with E-state index in [9.17, 15) is 4.79 Å². The molecule has 0 unspecified atom stereocenters. The summed E-state index contributed by atoms with van der Waals surface area (Å²) in [5, 5.41) is 12.9. The average Bonchev–Trinajstić information content (AvgIpc) is 3.43. The van der Waals surface area contributed by atoms with Crippen LogP contribution >= 0.6 is 23.1 Å². The number of rotatable bonds is 6. The Morgan fingerprint density at radius 3 is 2.72 bits per heavy atom. The van der Waals surface area contributed by atoms with E-state index in [1.165, 1.54) is 23.1 Å². The van der Waals surface area contributed by atoms with Crippen LogP contribution < -0.4 is 5.32 Å². The summed E-state index contributed by atoms with van der Waals surface area (Å²) < 4.78 is 2.99. The molecule has 0 radical (unpaired) electrons. The smallest absolute Gasteiger partial charge is 0.236 e. The fourth-order valence-corrected chi connectivity index (χ4v) is 4.99. The molecule has 7 nitrogen and oxygen atoms in total. The molecule has 3 aromatic heterocycles. The Kier molecular flexibility index (Phi) is 5.66. The highest BCUT2D eigenvalue weighted by atomic mass is 32.2. The van der Waals surface area contributed by atoms with Crippen LogP contribution in [0, 0.1) is 6.92 Å². The lowest BCUT2D eigenvalue weighted by molar-refractivity contribution is -0.113. The third kappa shape index (κ3) is 4.12. The van der Waals surface area contributed by atoms with Gasteiger partial charge in [0.25, 0.3) is 0 Å². The van der Waals surface area contributed by atoms with E-state index >= 15 is 0 Å². The van der Waals surface area contributed by atoms with Crippen LogP contribution in [0.5, 0.6) is 0 Å². The Morgan fingerprint density at radius 1 is 1.06 bits per heavy atom. The molecule has 2 aromatic carbocycles. The van der Waals surface area contributed by atoms with Gasteiger partial charge in [0.1, 0.15) is 0 Å². The van der Waals surface area contributed by atoms with Crippen LogP contribution in [0.1, 0.15) is 5.56 Å². The zero-order valence-electron chi connectivity index (χ0n) is 17.1. The van der Waals surface area contributed by atoms with Crippen LogP contribution in [0.25, 0.3) is 27.3 Å². The van der Waals surface area contributed by atoms with Gasteiger partial charge in [-0.1, -0.05) is 53.4 Å². The second-order valence-electron chi connectivity index (χ2n) is 7.00. The highest BCUT2D eigenvalue weighted by Gasteiger charge is 2.18. The maximum atomic E-state index is 12.6. The van der Waals surface area contributed by atoms with Crippen molar-refractivity contribution in [1.82, 2.24) is 24.7 Å². The first-order valence-corrected chi connectivity index (χ1v) is 11.7. The average molecular weight is 459 g/mol. The summed E-state index contributed by atoms with van der Waals surface area (Å²) in [6.07, 6.45) is 3.47. The standard InChI is InChI=1S/C23H18N6OS2/c1-15-7-5-11-18-20(15)26-22(32-18)25-19(30)14-31-23-28-27-21(16-8-6-12-24-13-16)29(23)17-9-3-2-4-10-17/h2-13H,14H2,1H3,(H,25,26,30). The summed E-state index contributed by atoms with van der Waals surface area (Å²) in [5.74, 6) is 0.721. The van der Waals surface area contributed by atoms with E-state index in [-0.39, 0.29) is 11.7 Å². The molecule has 0 saturated heterocycles. The van der Waals surface area contributed by atoms with Crippen molar-refractivity contribution in [2.45, 2.75) is 12.1 Å². The molecular weight excluding hydrogens is 440 g/mol. The summed E-state index contributed by atoms with van der Waals surface area (Å²) in [5.41, 5.74) is 3.78. The fourth-order valence-electron chi connectivity index (χ4n) is 3.28. The van der Waals surface area contributed by atoms with Crippen molar-refractivity contribution < 1.29 is 4.79 Å². The summed E-state index contributed by atoms with van der Waals surface area (Å²) in [6, 6.07) is 19.6. The van der Waals surface area contributed by atoms with E-state index in [0.717, 1.165) is 27.0 Å². The number of benzene rings is 2. The number of hydrogen-bond acceptors (Lipinski definition) is 7. The van der Waals surface area contributed by atoms with Gasteiger partial charge in [0.15, 0.2) is 16.1 Å². The first-order chi connectivity index (χ1) is 15.7. The second kappa shape index (κ2) is 8.89. The Bertz CT molecular complexity index is 1380. The summed E-state index contributed by atoms with van der Waals surface area (Å²) in [7, 11) is 0. The number of nitrogens with one attached hydrogen (secondary N) is 1. The van der Waals surface area contributed by atoms with Gasteiger partial charge in [-0.3, -0.25) is 14.3 Å². The predicted octanol–water partition coefficient (Wildman–Crippen LogP) is 4.98. The lowest BCUT2D eigenvalue weighted by Crippen LogP contribution is -2.14. The first kappa shape index (κ1) is 20.3. The van der Waals surface area contributed by atoms with Crippen molar-refractivity contribution in [3.8, 4) is 17.1 Å². The monoisotopic (exact) mass is 458 g/mol. The lowest BCUT2D eigenvalue weighted by atomic mass is 10.2. The van der Waals surface area contributed by atoms with E-state index in [4.69, 9.17) is 0 Å². The van der Waals surface area contributed by atoms with Crippen molar-refractivity contribution in [2.24, 2.45) is 0 Å². The van der Waals surface area contributed by atoms with Gasteiger partial charge in [-0.2, -0.15) is 0 Å². The van der Waals surface area contributed by atoms with Gasteiger partial charge in [-0.05, 0) is 42.8 Å². The maximum Gasteiger partial charge on any atom is 0.236 e. The Balaban J connectivity index is 1.37. The highest BCUT2D eigenvalue weighted by Crippen LogP contribution is 2.29. The number of thioether (sulfide) groups is 1. The molecule has 0 bridgehead atoms. The number of hydrogen-bond donors (Lipinski definition) is 1. The topological polar surface area (TPSA) is 85.6 Å². The minimum Gasteiger partial charge on any atom is -0.301 e. The van der Waals surface area contributed by atoms with Gasteiger partial charge in [0.2, 0.25) is 5.91 Å². The second-order valence-corrected chi connectivity index (χ2v) is 8.97. The molecule has 1 amide bonds. The molecule has 1 N–H and O–H groups in total. The number of thiazole rings is 1. The third-order valence-corrected chi connectivity index (χ3v) is 6.63. The molecule has 5 rings (SSSR count). The van der Waals surface area contributed by atoms with Crippen molar-refractivity contribution >= 4 is 44.4 Å². The van der Waals surface area contributed by atoms with Crippen molar-refractivity contribution in [3.63, 3.8) is 0 Å². The van der Waals surface area contributed by atoms with Crippen LogP contribution in [0.2, 0.25) is 0 Å². The van der Waals surface area contributed by atoms with Crippen molar-refractivity contribution in [2.75, 3.05) is 11.1 Å². The van der Waals surface area contributed by atoms with Gasteiger partial charge < -0.3 is 5.32 Å². The molecule has 32 heavy (non-hydrogen) atoms. The number of pyridine rings is 1. The Hall–Kier alpha value is -3.56. The number of para-hydroxylation sites is 2. The van der Waals surface area contributed by atoms with E-state index in [0.29, 0.717) is 16.1 Å². The lowest BCUT2D eigenvalue weighted by Gasteiger charge is -2.10. The van der Waals surface area contributed by atoms with Gasteiger partial charge in [-0.25, -0.2) is 4.98 Å². The molecule has 3 heterocycles. The normalized spacial score (nSPS) is 11.0. The maximum absolute atomic E-state index is 12.6. The molecule has 0 spiro atoms. The largest absolute Gasteiger partial charge is 0.301 e. The van der Waals surface area contributed by atoms with E-state index < -0.39 is 0 Å². The fraction of sp³-hybridized carbons (Fsp3) is 0.0870. The van der Waals surface area contributed by atoms with Crippen molar-refractivity contribution in [3.05, 3.63) is 78.6 Å². The van der Waals surface area contributed by atoms with Crippen LogP contribution in [-0.4, -0.2) is 36.4 Å². The summed E-state index contributed by atoms with van der Waals surface area (Å²) in [4.78, 5) is 21.4. The van der Waals surface area contributed by atoms with E-state index in [2.05, 4.69) is 25.5 Å². The Labute approximate surface area is 192 Å². The minimum absolute atomic E-state index is 0.141. The van der Waals surface area contributed by atoms with Crippen molar-refractivity contribution in [1.29, 1.82) is 0 Å². The highest BCUT2D eigenvalue weighted by molar-refractivity contribution is 7.99. The zero-order chi connectivity index (χ0) is 21.9. The Morgan fingerprint density at radius 2 is 1.94 bits per heavy atom.